The van der Waals surface area contributed by atoms with Gasteiger partial charge in [0.25, 0.3) is 0 Å². The zero-order valence-electron chi connectivity index (χ0n) is 13.7. The smallest absolute Gasteiger partial charge is 0.383 e. The minimum absolute atomic E-state index is 0.125. The second-order valence-electron chi connectivity index (χ2n) is 6.47. The van der Waals surface area contributed by atoms with Crippen LogP contribution >= 0.6 is 0 Å². The number of para-hydroxylation sites is 1. The molecule has 0 bridgehead atoms. The first-order valence-corrected chi connectivity index (χ1v) is 8.22. The lowest BCUT2D eigenvalue weighted by Gasteiger charge is -2.25. The van der Waals surface area contributed by atoms with Gasteiger partial charge in [0.2, 0.25) is 0 Å². The van der Waals surface area contributed by atoms with Crippen molar-refractivity contribution >= 4 is 16.7 Å². The standard InChI is InChI=1S/C19H16F3N3O/c20-19(21,22)15-8-4-7-14-16(15)23-12-24-17(14)25-10-9-18(26,11-25)13-5-2-1-3-6-13/h1-8,12,26H,9-11H2. The van der Waals surface area contributed by atoms with Gasteiger partial charge in [0.05, 0.1) is 17.6 Å². The Kier molecular flexibility index (Phi) is 3.84. The number of aliphatic hydroxyl groups is 1. The van der Waals surface area contributed by atoms with Crippen molar-refractivity contribution in [3.05, 3.63) is 66.0 Å². The molecule has 1 atom stereocenters. The zero-order valence-corrected chi connectivity index (χ0v) is 13.7. The van der Waals surface area contributed by atoms with E-state index in [-0.39, 0.29) is 12.1 Å². The first-order chi connectivity index (χ1) is 12.4. The van der Waals surface area contributed by atoms with Crippen molar-refractivity contribution < 1.29 is 18.3 Å². The van der Waals surface area contributed by atoms with Crippen LogP contribution in [-0.4, -0.2) is 28.2 Å². The van der Waals surface area contributed by atoms with Crippen molar-refractivity contribution in [1.82, 2.24) is 9.97 Å². The molecule has 0 aliphatic carbocycles. The van der Waals surface area contributed by atoms with Gasteiger partial charge >= 0.3 is 6.18 Å². The van der Waals surface area contributed by atoms with Crippen molar-refractivity contribution in [2.45, 2.75) is 18.2 Å². The summed E-state index contributed by atoms with van der Waals surface area (Å²) in [5.74, 6) is 0.410. The maximum atomic E-state index is 13.3. The van der Waals surface area contributed by atoms with Gasteiger partial charge in [-0.2, -0.15) is 13.2 Å². The molecule has 26 heavy (non-hydrogen) atoms. The highest BCUT2D eigenvalue weighted by atomic mass is 19.4. The Bertz CT molecular complexity index is 946. The molecule has 2 heterocycles. The Morgan fingerprint density at radius 1 is 1.00 bits per heavy atom. The molecule has 4 nitrogen and oxygen atoms in total. The van der Waals surface area contributed by atoms with Crippen LogP contribution in [0.5, 0.6) is 0 Å². The summed E-state index contributed by atoms with van der Waals surface area (Å²) in [5, 5.41) is 11.3. The summed E-state index contributed by atoms with van der Waals surface area (Å²) in [6.07, 6.45) is -2.87. The molecule has 7 heteroatoms. The van der Waals surface area contributed by atoms with Crippen LogP contribution < -0.4 is 4.90 Å². The van der Waals surface area contributed by atoms with Crippen LogP contribution in [0.2, 0.25) is 0 Å². The lowest BCUT2D eigenvalue weighted by molar-refractivity contribution is -0.136. The predicted molar refractivity (Wildman–Crippen MR) is 91.7 cm³/mol. The van der Waals surface area contributed by atoms with E-state index in [0.717, 1.165) is 18.0 Å². The molecule has 4 rings (SSSR count). The highest BCUT2D eigenvalue weighted by molar-refractivity contribution is 5.91. The largest absolute Gasteiger partial charge is 0.418 e. The third kappa shape index (κ3) is 2.78. The molecule has 1 fully saturated rings. The topological polar surface area (TPSA) is 49.2 Å². The number of halogens is 3. The van der Waals surface area contributed by atoms with Crippen LogP contribution in [0, 0.1) is 0 Å². The zero-order chi connectivity index (χ0) is 18.4. The van der Waals surface area contributed by atoms with Crippen molar-refractivity contribution in [1.29, 1.82) is 0 Å². The summed E-state index contributed by atoms with van der Waals surface area (Å²) in [5.41, 5.74) is -1.17. The lowest BCUT2D eigenvalue weighted by Crippen LogP contribution is -2.31. The Balaban J connectivity index is 1.75. The van der Waals surface area contributed by atoms with Crippen LogP contribution in [0.4, 0.5) is 19.0 Å². The summed E-state index contributed by atoms with van der Waals surface area (Å²) >= 11 is 0. The highest BCUT2D eigenvalue weighted by Crippen LogP contribution is 2.39. The van der Waals surface area contributed by atoms with E-state index in [1.54, 1.807) is 6.07 Å². The molecular weight excluding hydrogens is 343 g/mol. The van der Waals surface area contributed by atoms with E-state index in [1.165, 1.54) is 6.07 Å². The molecule has 3 aromatic rings. The monoisotopic (exact) mass is 359 g/mol. The van der Waals surface area contributed by atoms with E-state index < -0.39 is 17.3 Å². The molecule has 1 aliphatic heterocycles. The molecule has 1 N–H and O–H groups in total. The Hall–Kier alpha value is -2.67. The van der Waals surface area contributed by atoms with Crippen LogP contribution in [-0.2, 0) is 11.8 Å². The minimum Gasteiger partial charge on any atom is -0.383 e. The van der Waals surface area contributed by atoms with Crippen molar-refractivity contribution in [3.8, 4) is 0 Å². The molecule has 1 saturated heterocycles. The fourth-order valence-electron chi connectivity index (χ4n) is 3.51. The number of aromatic nitrogens is 2. The van der Waals surface area contributed by atoms with Gasteiger partial charge in [-0.3, -0.25) is 0 Å². The molecule has 2 aromatic carbocycles. The Morgan fingerprint density at radius 2 is 1.77 bits per heavy atom. The van der Waals surface area contributed by atoms with Crippen molar-refractivity contribution in [2.24, 2.45) is 0 Å². The second kappa shape index (κ2) is 5.95. The van der Waals surface area contributed by atoms with Gasteiger partial charge in [-0.15, -0.1) is 0 Å². The third-order valence-electron chi connectivity index (χ3n) is 4.81. The average molecular weight is 359 g/mol. The van der Waals surface area contributed by atoms with Crippen LogP contribution in [0.1, 0.15) is 17.5 Å². The average Bonchev–Trinajstić information content (AvgIpc) is 3.04. The highest BCUT2D eigenvalue weighted by Gasteiger charge is 2.39. The van der Waals surface area contributed by atoms with Gasteiger partial charge in [0, 0.05) is 11.9 Å². The lowest BCUT2D eigenvalue weighted by atomic mass is 9.93. The minimum atomic E-state index is -4.49. The number of hydrogen-bond acceptors (Lipinski definition) is 4. The van der Waals surface area contributed by atoms with Gasteiger partial charge < -0.3 is 10.0 Å². The van der Waals surface area contributed by atoms with E-state index in [2.05, 4.69) is 9.97 Å². The molecule has 0 spiro atoms. The Labute approximate surface area is 147 Å². The second-order valence-corrected chi connectivity index (χ2v) is 6.47. The number of benzene rings is 2. The van der Waals surface area contributed by atoms with E-state index in [0.29, 0.717) is 24.2 Å². The number of anilines is 1. The number of nitrogens with zero attached hydrogens (tertiary/aromatic N) is 3. The molecule has 0 saturated carbocycles. The molecule has 1 aromatic heterocycles. The fourth-order valence-corrected chi connectivity index (χ4v) is 3.51. The van der Waals surface area contributed by atoms with Crippen LogP contribution in [0.3, 0.4) is 0 Å². The Morgan fingerprint density at radius 3 is 2.50 bits per heavy atom. The maximum absolute atomic E-state index is 13.3. The number of β-amino-alcohol motifs (C(OH)–C–C–N with tert-alkyl or cyclic N) is 1. The molecule has 1 unspecified atom stereocenters. The number of hydrogen-bond donors (Lipinski definition) is 1. The van der Waals surface area contributed by atoms with Gasteiger partial charge in [0.15, 0.2) is 0 Å². The molecular formula is C19H16F3N3O. The van der Waals surface area contributed by atoms with Crippen LogP contribution in [0.15, 0.2) is 54.9 Å². The third-order valence-corrected chi connectivity index (χ3v) is 4.81. The first kappa shape index (κ1) is 16.8. The molecule has 0 radical (unpaired) electrons. The summed E-state index contributed by atoms with van der Waals surface area (Å²) in [6, 6.07) is 13.2. The predicted octanol–water partition coefficient (Wildman–Crippen LogP) is 3.75. The van der Waals surface area contributed by atoms with Gasteiger partial charge in [-0.1, -0.05) is 36.4 Å². The first-order valence-electron chi connectivity index (χ1n) is 8.22. The summed E-state index contributed by atoms with van der Waals surface area (Å²) in [7, 11) is 0. The quantitative estimate of drug-likeness (QED) is 0.757. The SMILES string of the molecule is OC1(c2ccccc2)CCN(c2ncnc3c(C(F)(F)F)cccc23)C1. The number of alkyl halides is 3. The summed E-state index contributed by atoms with van der Waals surface area (Å²) < 4.78 is 39.8. The van der Waals surface area contributed by atoms with Gasteiger partial charge in [-0.25, -0.2) is 9.97 Å². The van der Waals surface area contributed by atoms with E-state index >= 15 is 0 Å². The van der Waals surface area contributed by atoms with Crippen molar-refractivity contribution in [3.63, 3.8) is 0 Å². The summed E-state index contributed by atoms with van der Waals surface area (Å²) in [6.45, 7) is 0.757. The van der Waals surface area contributed by atoms with Gasteiger partial charge in [-0.05, 0) is 24.1 Å². The van der Waals surface area contributed by atoms with E-state index in [9.17, 15) is 18.3 Å². The van der Waals surface area contributed by atoms with E-state index in [1.807, 2.05) is 35.2 Å². The normalized spacial score (nSPS) is 20.7. The van der Waals surface area contributed by atoms with E-state index in [4.69, 9.17) is 0 Å². The molecule has 134 valence electrons. The molecule has 1 aliphatic rings. The van der Waals surface area contributed by atoms with Gasteiger partial charge in [0.1, 0.15) is 17.7 Å². The number of fused-ring (bicyclic) bond motifs is 1. The maximum Gasteiger partial charge on any atom is 0.418 e. The summed E-state index contributed by atoms with van der Waals surface area (Å²) in [4.78, 5) is 9.88. The van der Waals surface area contributed by atoms with Crippen molar-refractivity contribution in [2.75, 3.05) is 18.0 Å². The number of rotatable bonds is 2. The molecule has 0 amide bonds. The van der Waals surface area contributed by atoms with Crippen LogP contribution in [0.25, 0.3) is 10.9 Å². The fraction of sp³-hybridized carbons (Fsp3) is 0.263.